The number of amides is 3. The molecule has 0 radical (unpaired) electrons. The highest BCUT2D eigenvalue weighted by Gasteiger charge is 2.41. The van der Waals surface area contributed by atoms with Crippen molar-refractivity contribution in [1.29, 1.82) is 5.41 Å². The summed E-state index contributed by atoms with van der Waals surface area (Å²) in [6.07, 6.45) is 5.31. The molecule has 1 aliphatic rings. The van der Waals surface area contributed by atoms with Crippen LogP contribution in [0.3, 0.4) is 0 Å². The zero-order valence-electron chi connectivity index (χ0n) is 19.4. The number of aromatic nitrogens is 2. The van der Waals surface area contributed by atoms with Crippen molar-refractivity contribution in [3.63, 3.8) is 0 Å². The van der Waals surface area contributed by atoms with Gasteiger partial charge in [0.1, 0.15) is 11.4 Å². The first kappa shape index (κ1) is 24.2. The molecule has 1 saturated heterocycles. The number of carbonyl (C=O) groups is 2. The molecule has 10 heteroatoms. The highest BCUT2D eigenvalue weighted by atomic mass is 32.2. The third-order valence-electron chi connectivity index (χ3n) is 5.58. The zero-order valence-corrected chi connectivity index (χ0v) is 20.2. The minimum atomic E-state index is -0.653. The lowest BCUT2D eigenvalue weighted by molar-refractivity contribution is -0.124. The van der Waals surface area contributed by atoms with Gasteiger partial charge in [-0.2, -0.15) is 0 Å². The lowest BCUT2D eigenvalue weighted by atomic mass is 10.1. The summed E-state index contributed by atoms with van der Waals surface area (Å²) in [6, 6.07) is 16.1. The van der Waals surface area contributed by atoms with Crippen LogP contribution in [0.25, 0.3) is 5.69 Å². The fraction of sp³-hybridized carbons (Fsp3) is 0.200. The van der Waals surface area contributed by atoms with E-state index in [9.17, 15) is 14.7 Å². The van der Waals surface area contributed by atoms with Crippen molar-refractivity contribution in [2.75, 3.05) is 13.7 Å². The van der Waals surface area contributed by atoms with Gasteiger partial charge in [0.15, 0.2) is 0 Å². The van der Waals surface area contributed by atoms with Gasteiger partial charge in [-0.05, 0) is 36.8 Å². The largest absolute Gasteiger partial charge is 0.394 e. The average Bonchev–Trinajstić information content (AvgIpc) is 3.42. The molecule has 0 spiro atoms. The van der Waals surface area contributed by atoms with E-state index >= 15 is 0 Å². The Kier molecular flexibility index (Phi) is 7.33. The van der Waals surface area contributed by atoms with Crippen molar-refractivity contribution >= 4 is 29.5 Å². The molecule has 0 aliphatic carbocycles. The Hall–Kier alpha value is -3.89. The molecule has 0 saturated carbocycles. The van der Waals surface area contributed by atoms with E-state index in [1.54, 1.807) is 19.4 Å². The maximum absolute atomic E-state index is 13.2. The van der Waals surface area contributed by atoms with E-state index in [0.29, 0.717) is 11.6 Å². The maximum Gasteiger partial charge on any atom is 0.332 e. The number of aliphatic hydroxyl groups is 1. The monoisotopic (exact) mass is 490 g/mol. The number of hydrogen-bond acceptors (Lipinski definition) is 7. The number of benzene rings is 2. The molecule has 1 aromatic heterocycles. The number of imide groups is 1. The summed E-state index contributed by atoms with van der Waals surface area (Å²) in [4.78, 5) is 32.9. The van der Waals surface area contributed by atoms with Crippen molar-refractivity contribution < 1.29 is 14.7 Å². The summed E-state index contributed by atoms with van der Waals surface area (Å²) < 4.78 is 1.90. The van der Waals surface area contributed by atoms with Crippen molar-refractivity contribution in [1.82, 2.24) is 24.7 Å². The number of imidazole rings is 1. The van der Waals surface area contributed by atoms with Gasteiger partial charge >= 0.3 is 6.03 Å². The Morgan fingerprint density at radius 3 is 2.49 bits per heavy atom. The zero-order chi connectivity index (χ0) is 24.9. The van der Waals surface area contributed by atoms with Gasteiger partial charge in [0, 0.05) is 36.6 Å². The molecular weight excluding hydrogens is 464 g/mol. The molecule has 1 fully saturated rings. The Balaban J connectivity index is 1.67. The molecule has 4 rings (SSSR count). The summed E-state index contributed by atoms with van der Waals surface area (Å²) >= 11 is 1.32. The average molecular weight is 491 g/mol. The highest BCUT2D eigenvalue weighted by molar-refractivity contribution is 8.03. The van der Waals surface area contributed by atoms with Crippen LogP contribution < -0.4 is 5.32 Å². The van der Waals surface area contributed by atoms with Crippen molar-refractivity contribution in [3.8, 4) is 5.69 Å². The Morgan fingerprint density at radius 1 is 1.14 bits per heavy atom. The minimum Gasteiger partial charge on any atom is -0.394 e. The van der Waals surface area contributed by atoms with E-state index in [1.807, 2.05) is 65.4 Å². The van der Waals surface area contributed by atoms with Crippen LogP contribution in [0.4, 0.5) is 4.79 Å². The number of carbonyl (C=O) groups excluding carboxylic acids is 2. The van der Waals surface area contributed by atoms with E-state index in [2.05, 4.69) is 10.3 Å². The van der Waals surface area contributed by atoms with E-state index in [0.717, 1.165) is 25.9 Å². The smallest absolute Gasteiger partial charge is 0.332 e. The van der Waals surface area contributed by atoms with Gasteiger partial charge in [0.05, 0.1) is 24.0 Å². The minimum absolute atomic E-state index is 0.0799. The van der Waals surface area contributed by atoms with E-state index in [4.69, 9.17) is 5.41 Å². The normalized spacial score (nSPS) is 16.5. The Labute approximate surface area is 207 Å². The molecule has 0 bridgehead atoms. The number of urea groups is 1. The molecule has 1 unspecified atom stereocenters. The van der Waals surface area contributed by atoms with Gasteiger partial charge in [-0.3, -0.25) is 20.0 Å². The first-order valence-corrected chi connectivity index (χ1v) is 11.8. The molecule has 3 amide bonds. The van der Waals surface area contributed by atoms with Crippen LogP contribution in [0, 0.1) is 5.41 Å². The van der Waals surface area contributed by atoms with Crippen molar-refractivity contribution in [2.45, 2.75) is 24.4 Å². The Morgan fingerprint density at radius 2 is 1.86 bits per heavy atom. The number of thioether (sulfide) groups is 1. The number of likely N-dealkylation sites (N-methyl/N-ethyl adjacent to an activating group) is 1. The van der Waals surface area contributed by atoms with Crippen LogP contribution in [0.5, 0.6) is 0 Å². The van der Waals surface area contributed by atoms with E-state index in [1.165, 1.54) is 18.8 Å². The lowest BCUT2D eigenvalue weighted by Crippen LogP contribution is -2.58. The van der Waals surface area contributed by atoms with Gasteiger partial charge in [-0.25, -0.2) is 9.78 Å². The van der Waals surface area contributed by atoms with Gasteiger partial charge in [0.2, 0.25) is 0 Å². The van der Waals surface area contributed by atoms with Gasteiger partial charge in [-0.15, -0.1) is 0 Å². The number of nitrogens with one attached hydrogen (secondary N) is 2. The number of rotatable bonds is 8. The van der Waals surface area contributed by atoms with E-state index < -0.39 is 18.0 Å². The number of nitrogens with zero attached hydrogens (tertiary/aromatic N) is 4. The van der Waals surface area contributed by atoms with Crippen molar-refractivity contribution in [2.24, 2.45) is 0 Å². The van der Waals surface area contributed by atoms with Gasteiger partial charge in [-0.1, -0.05) is 42.1 Å². The highest BCUT2D eigenvalue weighted by Crippen LogP contribution is 2.31. The summed E-state index contributed by atoms with van der Waals surface area (Å²) in [5.41, 5.74) is 2.03. The number of aliphatic hydroxyl groups excluding tert-OH is 1. The quantitative estimate of drug-likeness (QED) is 0.330. The molecule has 3 N–H and O–H groups in total. The van der Waals surface area contributed by atoms with Crippen molar-refractivity contribution in [3.05, 3.63) is 89.5 Å². The van der Waals surface area contributed by atoms with Crippen LogP contribution >= 0.6 is 11.8 Å². The second-order valence-electron chi connectivity index (χ2n) is 8.01. The second-order valence-corrected chi connectivity index (χ2v) is 9.09. The molecule has 35 heavy (non-hydrogen) atoms. The number of amidine groups is 1. The van der Waals surface area contributed by atoms with Crippen LogP contribution in [0.15, 0.2) is 88.8 Å². The molecule has 180 valence electrons. The standard InChI is InChI=1S/C25H26N6O3S/c1-17(15-32)31-22(26)21(24(33)29(2)25(31)34)23(35-20-6-4-3-5-7-20)28-14-18-8-10-19(11-9-18)30-13-12-27-16-30/h3-13,16-17,26,28,32H,14-15H2,1-2H3/b23-21-,26-22?. The summed E-state index contributed by atoms with van der Waals surface area (Å²) in [5, 5.41) is 22.1. The maximum atomic E-state index is 13.2. The third kappa shape index (κ3) is 5.13. The lowest BCUT2D eigenvalue weighted by Gasteiger charge is -2.37. The SMILES string of the molecule is CC(CO)N1C(=N)/C(=C(\NCc2ccc(-n3ccnc3)cc2)Sc2ccccc2)C(=O)N(C)C1=O. The molecule has 3 aromatic rings. The Bertz CT molecular complexity index is 1240. The third-order valence-corrected chi connectivity index (χ3v) is 6.64. The number of hydrogen-bond donors (Lipinski definition) is 3. The van der Waals surface area contributed by atoms with Crippen LogP contribution in [-0.4, -0.2) is 61.9 Å². The predicted octanol–water partition coefficient (Wildman–Crippen LogP) is 3.22. The van der Waals surface area contributed by atoms with Gasteiger partial charge in [0.25, 0.3) is 5.91 Å². The predicted molar refractivity (Wildman–Crippen MR) is 134 cm³/mol. The molecule has 1 atom stereocenters. The van der Waals surface area contributed by atoms with Crippen LogP contribution in [0.2, 0.25) is 0 Å². The summed E-state index contributed by atoms with van der Waals surface area (Å²) in [7, 11) is 1.38. The molecular formula is C25H26N6O3S. The molecule has 2 heterocycles. The van der Waals surface area contributed by atoms with Gasteiger partial charge < -0.3 is 15.0 Å². The molecule has 2 aromatic carbocycles. The van der Waals surface area contributed by atoms with Crippen LogP contribution in [-0.2, 0) is 11.3 Å². The first-order chi connectivity index (χ1) is 16.9. The van der Waals surface area contributed by atoms with E-state index in [-0.39, 0.29) is 18.0 Å². The fourth-order valence-electron chi connectivity index (χ4n) is 3.59. The fourth-order valence-corrected chi connectivity index (χ4v) is 4.55. The summed E-state index contributed by atoms with van der Waals surface area (Å²) in [5.74, 6) is -0.802. The molecule has 9 nitrogen and oxygen atoms in total. The molecule has 1 aliphatic heterocycles. The van der Waals surface area contributed by atoms with Crippen LogP contribution in [0.1, 0.15) is 12.5 Å². The first-order valence-electron chi connectivity index (χ1n) is 11.0. The topological polar surface area (TPSA) is 115 Å². The summed E-state index contributed by atoms with van der Waals surface area (Å²) in [6.45, 7) is 1.70. The second kappa shape index (κ2) is 10.6.